The highest BCUT2D eigenvalue weighted by Crippen LogP contribution is 2.38. The van der Waals surface area contributed by atoms with Gasteiger partial charge in [0.25, 0.3) is 0 Å². The molecule has 0 N–H and O–H groups in total. The fraction of sp³-hybridized carbons (Fsp3) is 0.143. The Bertz CT molecular complexity index is 511. The molecule has 0 atom stereocenters. The van der Waals surface area contributed by atoms with E-state index in [0.29, 0.717) is 12.5 Å². The lowest BCUT2D eigenvalue weighted by Gasteiger charge is -2.07. The first-order valence-electron chi connectivity index (χ1n) is 5.48. The molecule has 0 amide bonds. The lowest BCUT2D eigenvalue weighted by Crippen LogP contribution is -1.95. The number of hydrogen-bond acceptors (Lipinski definition) is 3. The monoisotopic (exact) mass is 244 g/mol. The third-order valence-electron chi connectivity index (χ3n) is 2.59. The molecule has 17 heavy (non-hydrogen) atoms. The molecule has 2 aromatic carbocycles. The van der Waals surface area contributed by atoms with Crippen LogP contribution in [0.4, 0.5) is 0 Å². The Morgan fingerprint density at radius 1 is 1.12 bits per heavy atom. The van der Waals surface area contributed by atoms with Gasteiger partial charge in [-0.3, -0.25) is 0 Å². The van der Waals surface area contributed by atoms with Gasteiger partial charge in [0.2, 0.25) is 0 Å². The highest BCUT2D eigenvalue weighted by molar-refractivity contribution is 7.99. The highest BCUT2D eigenvalue weighted by atomic mass is 32.2. The molecule has 86 valence electrons. The summed E-state index contributed by atoms with van der Waals surface area (Å²) in [6, 6.07) is 16.1. The van der Waals surface area contributed by atoms with Gasteiger partial charge in [0.15, 0.2) is 0 Å². The van der Waals surface area contributed by atoms with E-state index in [-0.39, 0.29) is 0 Å². The molecule has 2 nitrogen and oxygen atoms in total. The van der Waals surface area contributed by atoms with E-state index in [4.69, 9.17) is 9.47 Å². The van der Waals surface area contributed by atoms with Crippen LogP contribution < -0.4 is 9.47 Å². The van der Waals surface area contributed by atoms with Crippen LogP contribution >= 0.6 is 11.8 Å². The number of ether oxygens (including phenoxy) is 2. The van der Waals surface area contributed by atoms with Crippen molar-refractivity contribution in [2.45, 2.75) is 11.5 Å². The van der Waals surface area contributed by atoms with E-state index in [9.17, 15) is 0 Å². The van der Waals surface area contributed by atoms with Gasteiger partial charge < -0.3 is 9.47 Å². The molecule has 0 saturated heterocycles. The molecule has 0 saturated carbocycles. The molecular weight excluding hydrogens is 232 g/mol. The molecule has 1 heterocycles. The zero-order valence-corrected chi connectivity index (χ0v) is 10.1. The van der Waals surface area contributed by atoms with Crippen molar-refractivity contribution in [2.24, 2.45) is 0 Å². The number of fused-ring (bicyclic) bond motifs is 1. The van der Waals surface area contributed by atoms with Crippen molar-refractivity contribution in [3.05, 3.63) is 54.1 Å². The van der Waals surface area contributed by atoms with E-state index in [1.807, 2.05) is 36.4 Å². The van der Waals surface area contributed by atoms with Gasteiger partial charge in [-0.1, -0.05) is 42.1 Å². The Morgan fingerprint density at radius 2 is 2.00 bits per heavy atom. The van der Waals surface area contributed by atoms with Gasteiger partial charge in [-0.25, -0.2) is 0 Å². The zero-order chi connectivity index (χ0) is 11.5. The lowest BCUT2D eigenvalue weighted by molar-refractivity contribution is 0.303. The summed E-state index contributed by atoms with van der Waals surface area (Å²) in [6.07, 6.45) is 0. The molecule has 0 spiro atoms. The van der Waals surface area contributed by atoms with Crippen LogP contribution in [0.25, 0.3) is 0 Å². The smallest absolute Gasteiger partial charge is 0.138 e. The van der Waals surface area contributed by atoms with Crippen LogP contribution in [0.3, 0.4) is 0 Å². The van der Waals surface area contributed by atoms with E-state index < -0.39 is 0 Å². The first-order valence-corrected chi connectivity index (χ1v) is 6.47. The van der Waals surface area contributed by atoms with Crippen LogP contribution in [0, 0.1) is 0 Å². The number of hydrogen-bond donors (Lipinski definition) is 0. The van der Waals surface area contributed by atoms with Crippen LogP contribution in [0.5, 0.6) is 11.5 Å². The maximum Gasteiger partial charge on any atom is 0.138 e. The summed E-state index contributed by atoms with van der Waals surface area (Å²) in [5.74, 6) is 2.49. The SMILES string of the molecule is c1ccc(COc2ccc3c(c2)OCS3)cc1. The Morgan fingerprint density at radius 3 is 2.88 bits per heavy atom. The summed E-state index contributed by atoms with van der Waals surface area (Å²) < 4.78 is 11.2. The minimum atomic E-state index is 0.590. The molecule has 3 rings (SSSR count). The van der Waals surface area contributed by atoms with Crippen molar-refractivity contribution >= 4 is 11.8 Å². The molecular formula is C14H12O2S. The van der Waals surface area contributed by atoms with E-state index in [0.717, 1.165) is 11.5 Å². The Kier molecular flexibility index (Phi) is 2.92. The highest BCUT2D eigenvalue weighted by Gasteiger charge is 2.13. The molecule has 0 fully saturated rings. The average Bonchev–Trinajstić information content (AvgIpc) is 2.85. The second-order valence-electron chi connectivity index (χ2n) is 3.79. The van der Waals surface area contributed by atoms with Crippen molar-refractivity contribution in [1.29, 1.82) is 0 Å². The van der Waals surface area contributed by atoms with Gasteiger partial charge in [0.1, 0.15) is 24.0 Å². The third-order valence-corrected chi connectivity index (χ3v) is 3.48. The number of rotatable bonds is 3. The van der Waals surface area contributed by atoms with Crippen molar-refractivity contribution in [3.8, 4) is 11.5 Å². The molecule has 0 unspecified atom stereocenters. The van der Waals surface area contributed by atoms with Crippen LogP contribution in [0.15, 0.2) is 53.4 Å². The fourth-order valence-corrected chi connectivity index (χ4v) is 2.44. The van der Waals surface area contributed by atoms with Gasteiger partial charge in [0.05, 0.1) is 4.90 Å². The summed E-state index contributed by atoms with van der Waals surface area (Å²) in [6.45, 7) is 0.590. The number of thioether (sulfide) groups is 1. The molecule has 0 aromatic heterocycles. The maximum atomic E-state index is 5.73. The minimum absolute atomic E-state index is 0.590. The predicted octanol–water partition coefficient (Wildman–Crippen LogP) is 3.71. The normalized spacial score (nSPS) is 12.9. The van der Waals surface area contributed by atoms with Gasteiger partial charge >= 0.3 is 0 Å². The minimum Gasteiger partial charge on any atom is -0.489 e. The van der Waals surface area contributed by atoms with E-state index in [1.165, 1.54) is 10.5 Å². The summed E-state index contributed by atoms with van der Waals surface area (Å²) >= 11 is 1.71. The van der Waals surface area contributed by atoms with Crippen LogP contribution in [-0.2, 0) is 6.61 Å². The molecule has 2 aromatic rings. The summed E-state index contributed by atoms with van der Waals surface area (Å²) in [5.41, 5.74) is 1.17. The zero-order valence-electron chi connectivity index (χ0n) is 9.26. The fourth-order valence-electron chi connectivity index (χ4n) is 1.71. The van der Waals surface area contributed by atoms with Crippen molar-refractivity contribution in [3.63, 3.8) is 0 Å². The van der Waals surface area contributed by atoms with Gasteiger partial charge in [-0.05, 0) is 17.7 Å². The van der Waals surface area contributed by atoms with Crippen LogP contribution in [0.1, 0.15) is 5.56 Å². The maximum absolute atomic E-state index is 5.73. The molecule has 0 bridgehead atoms. The summed E-state index contributed by atoms with van der Waals surface area (Å²) in [4.78, 5) is 1.19. The van der Waals surface area contributed by atoms with E-state index in [2.05, 4.69) is 12.1 Å². The Hall–Kier alpha value is -1.61. The first-order chi connectivity index (χ1) is 8.42. The van der Waals surface area contributed by atoms with Crippen molar-refractivity contribution in [1.82, 2.24) is 0 Å². The quantitative estimate of drug-likeness (QED) is 0.820. The Balaban J connectivity index is 1.70. The largest absolute Gasteiger partial charge is 0.489 e. The van der Waals surface area contributed by atoms with E-state index in [1.54, 1.807) is 11.8 Å². The topological polar surface area (TPSA) is 18.5 Å². The van der Waals surface area contributed by atoms with E-state index >= 15 is 0 Å². The van der Waals surface area contributed by atoms with Gasteiger partial charge in [-0.15, -0.1) is 0 Å². The predicted molar refractivity (Wildman–Crippen MR) is 68.6 cm³/mol. The summed E-state index contributed by atoms with van der Waals surface area (Å²) in [7, 11) is 0. The molecule has 0 radical (unpaired) electrons. The summed E-state index contributed by atoms with van der Waals surface area (Å²) in [5, 5.41) is 0. The lowest BCUT2D eigenvalue weighted by atomic mass is 10.2. The standard InChI is InChI=1S/C14H12O2S/c1-2-4-11(5-3-1)9-15-12-6-7-14-13(8-12)16-10-17-14/h1-8H,9-10H2. The van der Waals surface area contributed by atoms with Crippen molar-refractivity contribution in [2.75, 3.05) is 5.94 Å². The van der Waals surface area contributed by atoms with Crippen molar-refractivity contribution < 1.29 is 9.47 Å². The van der Waals surface area contributed by atoms with Gasteiger partial charge in [-0.2, -0.15) is 0 Å². The third kappa shape index (κ3) is 2.39. The second-order valence-corrected chi connectivity index (χ2v) is 4.75. The first kappa shape index (κ1) is 10.5. The second kappa shape index (κ2) is 4.72. The molecule has 0 aliphatic carbocycles. The molecule has 1 aliphatic rings. The Labute approximate surface area is 105 Å². The molecule has 1 aliphatic heterocycles. The number of benzene rings is 2. The van der Waals surface area contributed by atoms with Crippen LogP contribution in [-0.4, -0.2) is 5.94 Å². The van der Waals surface area contributed by atoms with Gasteiger partial charge in [0, 0.05) is 6.07 Å². The van der Waals surface area contributed by atoms with Crippen LogP contribution in [0.2, 0.25) is 0 Å². The average molecular weight is 244 g/mol. The molecule has 3 heteroatoms.